The lowest BCUT2D eigenvalue weighted by atomic mass is 10.1. The highest BCUT2D eigenvalue weighted by Gasteiger charge is 2.24. The minimum Gasteiger partial charge on any atom is -0.490 e. The Kier molecular flexibility index (Phi) is 2.59. The van der Waals surface area contributed by atoms with Gasteiger partial charge in [0.05, 0.1) is 6.61 Å². The van der Waals surface area contributed by atoms with Crippen LogP contribution < -0.4 is 15.2 Å². The number of hydrogen-bond donors (Lipinski definition) is 1. The molecule has 0 aromatic heterocycles. The van der Waals surface area contributed by atoms with E-state index in [0.29, 0.717) is 13.2 Å². The summed E-state index contributed by atoms with van der Waals surface area (Å²) < 4.78 is 11.2. The summed E-state index contributed by atoms with van der Waals surface area (Å²) >= 11 is 0. The maximum Gasteiger partial charge on any atom is 0.164 e. The van der Waals surface area contributed by atoms with Crippen molar-refractivity contribution in [3.05, 3.63) is 23.8 Å². The van der Waals surface area contributed by atoms with Crippen LogP contribution in [0.5, 0.6) is 11.5 Å². The molecule has 0 unspecified atom stereocenters. The maximum atomic E-state index is 5.69. The second-order valence-electron chi connectivity index (χ2n) is 3.36. The summed E-state index contributed by atoms with van der Waals surface area (Å²) in [6.45, 7) is 3.18. The third-order valence-corrected chi connectivity index (χ3v) is 2.36. The standard InChI is InChI=1S/C11H15NO2/c1-2-13-10-5-3-4-8-6-9(7-12)14-11(8)10/h3-5,9H,2,6-7,12H2,1H3/t9-/m1/s1. The maximum absolute atomic E-state index is 5.69. The fraction of sp³-hybridized carbons (Fsp3) is 0.455. The first-order valence-electron chi connectivity index (χ1n) is 4.96. The summed E-state index contributed by atoms with van der Waals surface area (Å²) in [4.78, 5) is 0. The zero-order valence-corrected chi connectivity index (χ0v) is 8.32. The van der Waals surface area contributed by atoms with E-state index in [1.807, 2.05) is 19.1 Å². The minimum absolute atomic E-state index is 0.117. The molecule has 1 aromatic carbocycles. The van der Waals surface area contributed by atoms with Gasteiger partial charge in [-0.15, -0.1) is 0 Å². The molecule has 3 nitrogen and oxygen atoms in total. The first-order chi connectivity index (χ1) is 6.85. The molecule has 76 valence electrons. The quantitative estimate of drug-likeness (QED) is 0.788. The molecule has 0 spiro atoms. The Hall–Kier alpha value is -1.22. The molecular weight excluding hydrogens is 178 g/mol. The van der Waals surface area contributed by atoms with Crippen molar-refractivity contribution in [1.82, 2.24) is 0 Å². The van der Waals surface area contributed by atoms with Crippen molar-refractivity contribution in [2.75, 3.05) is 13.2 Å². The van der Waals surface area contributed by atoms with E-state index < -0.39 is 0 Å². The Morgan fingerprint density at radius 2 is 2.43 bits per heavy atom. The molecule has 0 bridgehead atoms. The molecule has 3 heteroatoms. The average molecular weight is 193 g/mol. The van der Waals surface area contributed by atoms with Gasteiger partial charge in [0.1, 0.15) is 6.10 Å². The smallest absolute Gasteiger partial charge is 0.164 e. The molecule has 14 heavy (non-hydrogen) atoms. The second kappa shape index (κ2) is 3.88. The summed E-state index contributed by atoms with van der Waals surface area (Å²) in [5.74, 6) is 1.71. The highest BCUT2D eigenvalue weighted by atomic mass is 16.5. The average Bonchev–Trinajstić information content (AvgIpc) is 2.62. The zero-order chi connectivity index (χ0) is 9.97. The van der Waals surface area contributed by atoms with Crippen molar-refractivity contribution >= 4 is 0 Å². The van der Waals surface area contributed by atoms with Gasteiger partial charge in [-0.2, -0.15) is 0 Å². The van der Waals surface area contributed by atoms with Crippen molar-refractivity contribution in [2.24, 2.45) is 5.73 Å². The Morgan fingerprint density at radius 3 is 3.14 bits per heavy atom. The molecule has 0 aliphatic carbocycles. The van der Waals surface area contributed by atoms with Crippen molar-refractivity contribution in [3.8, 4) is 11.5 Å². The Morgan fingerprint density at radius 1 is 1.57 bits per heavy atom. The van der Waals surface area contributed by atoms with Crippen molar-refractivity contribution < 1.29 is 9.47 Å². The molecule has 0 radical (unpaired) electrons. The third kappa shape index (κ3) is 1.55. The monoisotopic (exact) mass is 193 g/mol. The third-order valence-electron chi connectivity index (χ3n) is 2.36. The summed E-state index contributed by atoms with van der Waals surface area (Å²) in [7, 11) is 0. The highest BCUT2D eigenvalue weighted by molar-refractivity contribution is 5.49. The minimum atomic E-state index is 0.117. The first kappa shape index (κ1) is 9.34. The number of fused-ring (bicyclic) bond motifs is 1. The number of rotatable bonds is 3. The van der Waals surface area contributed by atoms with Gasteiger partial charge in [0, 0.05) is 18.5 Å². The fourth-order valence-electron chi connectivity index (χ4n) is 1.71. The van der Waals surface area contributed by atoms with Crippen molar-refractivity contribution in [1.29, 1.82) is 0 Å². The summed E-state index contributed by atoms with van der Waals surface area (Å²) in [6.07, 6.45) is 1.01. The molecule has 1 heterocycles. The first-order valence-corrected chi connectivity index (χ1v) is 4.96. The molecule has 1 aromatic rings. The van der Waals surface area contributed by atoms with E-state index in [4.69, 9.17) is 15.2 Å². The molecule has 2 rings (SSSR count). The molecule has 0 fully saturated rings. The van der Waals surface area contributed by atoms with E-state index in [-0.39, 0.29) is 6.10 Å². The number of nitrogens with two attached hydrogens (primary N) is 1. The van der Waals surface area contributed by atoms with Crippen LogP contribution in [0.2, 0.25) is 0 Å². The van der Waals surface area contributed by atoms with Gasteiger partial charge in [-0.3, -0.25) is 0 Å². The molecule has 0 saturated heterocycles. The molecule has 1 atom stereocenters. The van der Waals surface area contributed by atoms with Crippen LogP contribution in [0, 0.1) is 0 Å². The van der Waals surface area contributed by atoms with Gasteiger partial charge in [-0.25, -0.2) is 0 Å². The van der Waals surface area contributed by atoms with Gasteiger partial charge >= 0.3 is 0 Å². The van der Waals surface area contributed by atoms with Crippen LogP contribution in [0.4, 0.5) is 0 Å². The van der Waals surface area contributed by atoms with Crippen LogP contribution in [0.1, 0.15) is 12.5 Å². The molecule has 1 aliphatic rings. The number of ether oxygens (including phenoxy) is 2. The fourth-order valence-corrected chi connectivity index (χ4v) is 1.71. The van der Waals surface area contributed by atoms with E-state index in [1.165, 1.54) is 5.56 Å². The van der Waals surface area contributed by atoms with E-state index in [1.54, 1.807) is 0 Å². The molecule has 2 N–H and O–H groups in total. The SMILES string of the molecule is CCOc1cccc2c1O[C@@H](CN)C2. The van der Waals surface area contributed by atoms with E-state index in [0.717, 1.165) is 17.9 Å². The van der Waals surface area contributed by atoms with Gasteiger partial charge in [0.25, 0.3) is 0 Å². The lowest BCUT2D eigenvalue weighted by Crippen LogP contribution is -2.24. The number of benzene rings is 1. The van der Waals surface area contributed by atoms with Crippen LogP contribution >= 0.6 is 0 Å². The predicted molar refractivity (Wildman–Crippen MR) is 54.8 cm³/mol. The van der Waals surface area contributed by atoms with Crippen LogP contribution in [0.15, 0.2) is 18.2 Å². The van der Waals surface area contributed by atoms with Crippen LogP contribution in [0.25, 0.3) is 0 Å². The second-order valence-corrected chi connectivity index (χ2v) is 3.36. The summed E-state index contributed by atoms with van der Waals surface area (Å²) in [5, 5.41) is 0. The summed E-state index contributed by atoms with van der Waals surface area (Å²) in [6, 6.07) is 5.99. The van der Waals surface area contributed by atoms with Crippen LogP contribution in [0.3, 0.4) is 0 Å². The highest BCUT2D eigenvalue weighted by Crippen LogP contribution is 2.37. The van der Waals surface area contributed by atoms with Crippen molar-refractivity contribution in [2.45, 2.75) is 19.4 Å². The van der Waals surface area contributed by atoms with E-state index in [9.17, 15) is 0 Å². The van der Waals surface area contributed by atoms with Gasteiger partial charge in [-0.1, -0.05) is 12.1 Å². The Bertz CT molecular complexity index is 325. The van der Waals surface area contributed by atoms with Crippen LogP contribution in [-0.4, -0.2) is 19.3 Å². The number of hydrogen-bond acceptors (Lipinski definition) is 3. The molecular formula is C11H15NO2. The van der Waals surface area contributed by atoms with Gasteiger partial charge in [0.2, 0.25) is 0 Å². The predicted octanol–water partition coefficient (Wildman–Crippen LogP) is 1.35. The van der Waals surface area contributed by atoms with Gasteiger partial charge in [0.15, 0.2) is 11.5 Å². The van der Waals surface area contributed by atoms with E-state index in [2.05, 4.69) is 6.07 Å². The topological polar surface area (TPSA) is 44.5 Å². The Balaban J connectivity index is 2.26. The number of para-hydroxylation sites is 1. The van der Waals surface area contributed by atoms with Crippen molar-refractivity contribution in [3.63, 3.8) is 0 Å². The summed E-state index contributed by atoms with van der Waals surface area (Å²) in [5.41, 5.74) is 6.77. The Labute approximate surface area is 83.8 Å². The van der Waals surface area contributed by atoms with Gasteiger partial charge < -0.3 is 15.2 Å². The molecule has 0 amide bonds. The zero-order valence-electron chi connectivity index (χ0n) is 8.32. The lowest BCUT2D eigenvalue weighted by molar-refractivity contribution is 0.226. The van der Waals surface area contributed by atoms with Crippen LogP contribution in [-0.2, 0) is 6.42 Å². The van der Waals surface area contributed by atoms with E-state index >= 15 is 0 Å². The molecule has 1 aliphatic heterocycles. The lowest BCUT2D eigenvalue weighted by Gasteiger charge is -2.10. The van der Waals surface area contributed by atoms with Gasteiger partial charge in [-0.05, 0) is 13.0 Å². The largest absolute Gasteiger partial charge is 0.490 e. The molecule has 0 saturated carbocycles. The normalized spacial score (nSPS) is 18.9.